The normalized spacial score (nSPS) is 25.4. The number of sulfonamides is 1. The quantitative estimate of drug-likeness (QED) is 0.642. The van der Waals surface area contributed by atoms with E-state index in [0.717, 1.165) is 29.0 Å². The van der Waals surface area contributed by atoms with Crippen LogP contribution in [-0.2, 0) is 10.0 Å². The number of aliphatic imine (C=N–C) groups is 1. The van der Waals surface area contributed by atoms with Crippen molar-refractivity contribution >= 4 is 21.7 Å². The van der Waals surface area contributed by atoms with E-state index in [1.54, 1.807) is 6.08 Å². The fraction of sp³-hybridized carbons (Fsp3) is 0.571. The van der Waals surface area contributed by atoms with E-state index >= 15 is 0 Å². The molecule has 2 aliphatic rings. The van der Waals surface area contributed by atoms with Gasteiger partial charge in [-0.05, 0) is 36.8 Å². The summed E-state index contributed by atoms with van der Waals surface area (Å²) < 4.78 is 37.3. The lowest BCUT2D eigenvalue weighted by molar-refractivity contribution is 0.220. The first-order valence-electron chi connectivity index (χ1n) is 6.93. The molecule has 7 heteroatoms. The van der Waals surface area contributed by atoms with E-state index in [1.165, 1.54) is 13.1 Å². The van der Waals surface area contributed by atoms with Crippen molar-refractivity contribution in [1.82, 2.24) is 4.31 Å². The van der Waals surface area contributed by atoms with Crippen LogP contribution in [0.25, 0.3) is 0 Å². The van der Waals surface area contributed by atoms with E-state index in [9.17, 15) is 12.8 Å². The minimum Gasteiger partial charge on any atom is -0.266 e. The maximum Gasteiger partial charge on any atom is 0.234 e. The van der Waals surface area contributed by atoms with Crippen molar-refractivity contribution in [3.63, 3.8) is 0 Å². The fourth-order valence-corrected chi connectivity index (χ4v) is 2.99. The Kier molecular flexibility index (Phi) is 4.32. The highest BCUT2D eigenvalue weighted by molar-refractivity contribution is 7.88. The number of hydrogen-bond acceptors (Lipinski definition) is 3. The molecule has 0 aromatic heterocycles. The van der Waals surface area contributed by atoms with E-state index in [0.29, 0.717) is 12.1 Å². The van der Waals surface area contributed by atoms with Crippen LogP contribution in [0.4, 0.5) is 4.39 Å². The second kappa shape index (κ2) is 5.71. The Bertz CT molecular complexity index is 649. The highest BCUT2D eigenvalue weighted by atomic mass is 32.2. The molecule has 2 aliphatic carbocycles. The Morgan fingerprint density at radius 1 is 1.43 bits per heavy atom. The van der Waals surface area contributed by atoms with Crippen LogP contribution >= 0.6 is 0 Å². The van der Waals surface area contributed by atoms with Gasteiger partial charge in [0.2, 0.25) is 16.0 Å². The minimum atomic E-state index is -3.50. The number of allylic oxidation sites excluding steroid dienone is 4. The maximum atomic E-state index is 13.6. The van der Waals surface area contributed by atoms with Gasteiger partial charge < -0.3 is 0 Å². The Balaban J connectivity index is 2.28. The molecule has 0 amide bonds. The van der Waals surface area contributed by atoms with Crippen LogP contribution in [0.2, 0.25) is 0 Å². The van der Waals surface area contributed by atoms with Gasteiger partial charge in [0.05, 0.1) is 6.26 Å². The van der Waals surface area contributed by atoms with Crippen LogP contribution in [-0.4, -0.2) is 37.7 Å². The predicted octanol–water partition coefficient (Wildman–Crippen LogP) is 2.48. The maximum absolute atomic E-state index is 13.6. The predicted molar refractivity (Wildman–Crippen MR) is 81.5 cm³/mol. The van der Waals surface area contributed by atoms with Crippen molar-refractivity contribution in [3.05, 3.63) is 23.6 Å². The summed E-state index contributed by atoms with van der Waals surface area (Å²) in [5.74, 6) is -0.358. The SMILES string of the molecule is CCC(=NC(=N)N(C)S(C)(=O)=O)C1=CC=C(F)[C@@H]2CCC12. The Morgan fingerprint density at radius 2 is 2.05 bits per heavy atom. The van der Waals surface area contributed by atoms with Crippen molar-refractivity contribution in [3.8, 4) is 0 Å². The average molecular weight is 313 g/mol. The molecule has 1 unspecified atom stereocenters. The third-order valence-electron chi connectivity index (χ3n) is 4.15. The lowest BCUT2D eigenvalue weighted by Crippen LogP contribution is -2.34. The Labute approximate surface area is 124 Å². The lowest BCUT2D eigenvalue weighted by atomic mass is 9.65. The van der Waals surface area contributed by atoms with Crippen LogP contribution in [0.3, 0.4) is 0 Å². The first-order chi connectivity index (χ1) is 9.75. The van der Waals surface area contributed by atoms with Gasteiger partial charge in [-0.3, -0.25) is 5.41 Å². The van der Waals surface area contributed by atoms with Gasteiger partial charge in [-0.25, -0.2) is 22.1 Å². The molecule has 0 saturated heterocycles. The lowest BCUT2D eigenvalue weighted by Gasteiger charge is -2.39. The van der Waals surface area contributed by atoms with E-state index < -0.39 is 10.0 Å². The smallest absolute Gasteiger partial charge is 0.234 e. The third kappa shape index (κ3) is 3.07. The molecule has 1 fully saturated rings. The molecular formula is C14H20FN3O2S. The van der Waals surface area contributed by atoms with Crippen LogP contribution in [0.5, 0.6) is 0 Å². The molecule has 0 aliphatic heterocycles. The fourth-order valence-electron chi connectivity index (χ4n) is 2.63. The molecular weight excluding hydrogens is 293 g/mol. The number of nitrogens with zero attached hydrogens (tertiary/aromatic N) is 2. The molecule has 0 aromatic rings. The first-order valence-corrected chi connectivity index (χ1v) is 8.78. The van der Waals surface area contributed by atoms with Gasteiger partial charge in [0.1, 0.15) is 5.83 Å². The van der Waals surface area contributed by atoms with Gasteiger partial charge in [-0.15, -0.1) is 0 Å². The second-order valence-electron chi connectivity index (χ2n) is 5.43. The monoisotopic (exact) mass is 313 g/mol. The third-order valence-corrected chi connectivity index (χ3v) is 5.32. The number of halogens is 1. The summed E-state index contributed by atoms with van der Waals surface area (Å²) in [6.45, 7) is 1.90. The van der Waals surface area contributed by atoms with E-state index in [-0.39, 0.29) is 23.6 Å². The van der Waals surface area contributed by atoms with Crippen molar-refractivity contribution < 1.29 is 12.8 Å². The number of guanidine groups is 1. The highest BCUT2D eigenvalue weighted by Crippen LogP contribution is 2.47. The molecule has 0 radical (unpaired) electrons. The molecule has 2 atom stereocenters. The second-order valence-corrected chi connectivity index (χ2v) is 7.44. The Hall–Kier alpha value is -1.50. The number of hydrogen-bond donors (Lipinski definition) is 1. The van der Waals surface area contributed by atoms with Crippen LogP contribution < -0.4 is 0 Å². The van der Waals surface area contributed by atoms with Crippen LogP contribution in [0, 0.1) is 17.2 Å². The van der Waals surface area contributed by atoms with Gasteiger partial charge in [0.15, 0.2) is 0 Å². The van der Waals surface area contributed by atoms with E-state index in [2.05, 4.69) is 4.99 Å². The summed E-state index contributed by atoms with van der Waals surface area (Å²) >= 11 is 0. The molecule has 1 saturated carbocycles. The summed E-state index contributed by atoms with van der Waals surface area (Å²) in [5, 5.41) is 7.82. The highest BCUT2D eigenvalue weighted by Gasteiger charge is 2.39. The summed E-state index contributed by atoms with van der Waals surface area (Å²) in [6, 6.07) is 0. The number of fused-ring (bicyclic) bond motifs is 1. The van der Waals surface area contributed by atoms with E-state index in [4.69, 9.17) is 5.41 Å². The molecule has 0 heterocycles. The van der Waals surface area contributed by atoms with Crippen molar-refractivity contribution in [1.29, 1.82) is 5.41 Å². The zero-order valence-corrected chi connectivity index (χ0v) is 13.2. The minimum absolute atomic E-state index is 0.0661. The molecule has 116 valence electrons. The molecule has 0 spiro atoms. The van der Waals surface area contributed by atoms with Crippen LogP contribution in [0.1, 0.15) is 26.2 Å². The first kappa shape index (κ1) is 15.9. The zero-order valence-electron chi connectivity index (χ0n) is 12.4. The molecule has 2 rings (SSSR count). The molecule has 5 nitrogen and oxygen atoms in total. The summed E-state index contributed by atoms with van der Waals surface area (Å²) in [6.07, 6.45) is 6.53. The topological polar surface area (TPSA) is 73.6 Å². The van der Waals surface area contributed by atoms with Gasteiger partial charge in [0.25, 0.3) is 0 Å². The standard InChI is InChI=1S/C14H20FN3O2S/c1-4-13(17-14(16)18(2)21(3,19)20)11-7-8-12(15)10-6-5-9(10)11/h7-10,16H,4-6H2,1-3H3/t9?,10-/m1/s1. The van der Waals surface area contributed by atoms with Gasteiger partial charge >= 0.3 is 0 Å². The van der Waals surface area contributed by atoms with Gasteiger partial charge in [0, 0.05) is 18.7 Å². The van der Waals surface area contributed by atoms with Gasteiger partial charge in [-0.2, -0.15) is 0 Å². The molecule has 1 N–H and O–H groups in total. The number of rotatable bonds is 3. The summed E-state index contributed by atoms with van der Waals surface area (Å²) in [5.41, 5.74) is 1.59. The molecule has 0 bridgehead atoms. The number of nitrogens with one attached hydrogen (secondary N) is 1. The van der Waals surface area contributed by atoms with Crippen LogP contribution in [0.15, 0.2) is 28.5 Å². The summed E-state index contributed by atoms with van der Waals surface area (Å²) in [4.78, 5) is 4.16. The molecule has 0 aromatic carbocycles. The summed E-state index contributed by atoms with van der Waals surface area (Å²) in [7, 11) is -2.19. The average Bonchev–Trinajstić information content (AvgIpc) is 2.35. The van der Waals surface area contributed by atoms with Crippen molar-refractivity contribution in [2.75, 3.05) is 13.3 Å². The largest absolute Gasteiger partial charge is 0.266 e. The molecule has 21 heavy (non-hydrogen) atoms. The van der Waals surface area contributed by atoms with Gasteiger partial charge in [-0.1, -0.05) is 13.0 Å². The zero-order chi connectivity index (χ0) is 15.8. The Morgan fingerprint density at radius 3 is 2.52 bits per heavy atom. The van der Waals surface area contributed by atoms with Crippen molar-refractivity contribution in [2.45, 2.75) is 26.2 Å². The van der Waals surface area contributed by atoms with E-state index in [1.807, 2.05) is 6.92 Å². The van der Waals surface area contributed by atoms with Crippen molar-refractivity contribution in [2.24, 2.45) is 16.8 Å².